The number of halogens is 2. The van der Waals surface area contributed by atoms with Gasteiger partial charge in [0.05, 0.1) is 10.4 Å². The van der Waals surface area contributed by atoms with Crippen molar-refractivity contribution in [1.29, 1.82) is 0 Å². The first-order chi connectivity index (χ1) is 11.0. The van der Waals surface area contributed by atoms with Crippen molar-refractivity contribution in [3.63, 3.8) is 0 Å². The van der Waals surface area contributed by atoms with Gasteiger partial charge in [-0.15, -0.1) is 17.9 Å². The third-order valence-electron chi connectivity index (χ3n) is 3.39. The van der Waals surface area contributed by atoms with Gasteiger partial charge in [-0.25, -0.2) is 4.39 Å². The smallest absolute Gasteiger partial charge is 0.241 e. The van der Waals surface area contributed by atoms with Crippen molar-refractivity contribution in [2.45, 2.75) is 19.5 Å². The maximum atomic E-state index is 12.9. The highest BCUT2D eigenvalue weighted by molar-refractivity contribution is 7.16. The number of nitrogens with zero attached hydrogens (tertiary/aromatic N) is 1. The lowest BCUT2D eigenvalue weighted by molar-refractivity contribution is -0.120. The minimum atomic E-state index is -0.362. The molecule has 0 radical (unpaired) electrons. The van der Waals surface area contributed by atoms with E-state index >= 15 is 0 Å². The molecule has 0 fully saturated rings. The summed E-state index contributed by atoms with van der Waals surface area (Å²) in [5.74, 6) is -0.486. The Bertz CT molecular complexity index is 671. The zero-order valence-corrected chi connectivity index (χ0v) is 14.3. The lowest BCUT2D eigenvalue weighted by atomic mass is 10.2. The molecule has 6 heteroatoms. The maximum absolute atomic E-state index is 12.9. The monoisotopic (exact) mass is 352 g/mol. The van der Waals surface area contributed by atoms with Gasteiger partial charge in [-0.05, 0) is 43.3 Å². The summed E-state index contributed by atoms with van der Waals surface area (Å²) < 4.78 is 13.6. The molecule has 1 aromatic carbocycles. The first kappa shape index (κ1) is 17.7. The molecule has 0 unspecified atom stereocenters. The molecule has 1 atom stereocenters. The molecule has 0 aliphatic rings. The molecule has 1 N–H and O–H groups in total. The lowest BCUT2D eigenvalue weighted by Gasteiger charge is -2.26. The number of amides is 1. The molecule has 1 aromatic heterocycles. The van der Waals surface area contributed by atoms with E-state index in [9.17, 15) is 9.18 Å². The van der Waals surface area contributed by atoms with E-state index in [1.54, 1.807) is 6.08 Å². The van der Waals surface area contributed by atoms with Crippen LogP contribution in [0.4, 0.5) is 10.1 Å². The summed E-state index contributed by atoms with van der Waals surface area (Å²) in [4.78, 5) is 15.5. The van der Waals surface area contributed by atoms with Gasteiger partial charge >= 0.3 is 0 Å². The van der Waals surface area contributed by atoms with E-state index in [1.807, 2.05) is 24.0 Å². The van der Waals surface area contributed by atoms with Gasteiger partial charge in [0.25, 0.3) is 0 Å². The molecular weight excluding hydrogens is 335 g/mol. The molecule has 1 heterocycles. The molecule has 0 spiro atoms. The highest BCUT2D eigenvalue weighted by atomic mass is 35.5. The summed E-state index contributed by atoms with van der Waals surface area (Å²) >= 11 is 7.45. The van der Waals surface area contributed by atoms with Crippen LogP contribution < -0.4 is 5.32 Å². The van der Waals surface area contributed by atoms with Crippen LogP contribution in [0.2, 0.25) is 4.34 Å². The minimum Gasteiger partial charge on any atom is -0.325 e. The zero-order chi connectivity index (χ0) is 16.8. The topological polar surface area (TPSA) is 32.3 Å². The molecule has 0 aliphatic carbocycles. The predicted octanol–water partition coefficient (Wildman–Crippen LogP) is 4.56. The highest BCUT2D eigenvalue weighted by Crippen LogP contribution is 2.23. The number of hydrogen-bond acceptors (Lipinski definition) is 3. The minimum absolute atomic E-state index is 0.152. The molecular formula is C17H18ClFN2OS. The SMILES string of the molecule is C=CCN(Cc1ccc(Cl)s1)[C@@H](C)C(=O)Nc1ccc(F)cc1. The van der Waals surface area contributed by atoms with Crippen LogP contribution in [0.3, 0.4) is 0 Å². The lowest BCUT2D eigenvalue weighted by Crippen LogP contribution is -2.41. The summed E-state index contributed by atoms with van der Waals surface area (Å²) in [5, 5.41) is 2.79. The summed E-state index contributed by atoms with van der Waals surface area (Å²) in [6.45, 7) is 6.77. The second kappa shape index (κ2) is 8.24. The third-order valence-corrected chi connectivity index (χ3v) is 4.61. The Morgan fingerprint density at radius 2 is 2.09 bits per heavy atom. The molecule has 122 valence electrons. The van der Waals surface area contributed by atoms with Crippen LogP contribution in [-0.2, 0) is 11.3 Å². The van der Waals surface area contributed by atoms with Gasteiger partial charge < -0.3 is 5.32 Å². The number of hydrogen-bond donors (Lipinski definition) is 1. The second-order valence-corrected chi connectivity index (χ2v) is 6.90. The number of rotatable bonds is 7. The first-order valence-electron chi connectivity index (χ1n) is 7.15. The quantitative estimate of drug-likeness (QED) is 0.741. The standard InChI is InChI=1S/C17H18ClFN2OS/c1-3-10-21(11-15-8-9-16(18)23-15)12(2)17(22)20-14-6-4-13(19)5-7-14/h3-9,12H,1,10-11H2,2H3,(H,20,22)/t12-/m0/s1. The van der Waals surface area contributed by atoms with E-state index in [-0.39, 0.29) is 17.8 Å². The summed E-state index contributed by atoms with van der Waals surface area (Å²) in [6.07, 6.45) is 1.76. The fourth-order valence-corrected chi connectivity index (χ4v) is 3.22. The van der Waals surface area contributed by atoms with Crippen LogP contribution in [0.15, 0.2) is 49.1 Å². The Balaban J connectivity index is 2.03. The van der Waals surface area contributed by atoms with Crippen molar-refractivity contribution >= 4 is 34.5 Å². The third kappa shape index (κ3) is 5.16. The summed E-state index contributed by atoms with van der Waals surface area (Å²) in [5.41, 5.74) is 0.570. The number of carbonyl (C=O) groups excluding carboxylic acids is 1. The number of benzene rings is 1. The van der Waals surface area contributed by atoms with E-state index in [4.69, 9.17) is 11.6 Å². The molecule has 3 nitrogen and oxygen atoms in total. The van der Waals surface area contributed by atoms with Gasteiger partial charge in [-0.1, -0.05) is 17.7 Å². The van der Waals surface area contributed by atoms with Gasteiger partial charge in [0.15, 0.2) is 0 Å². The van der Waals surface area contributed by atoms with Gasteiger partial charge in [0, 0.05) is 23.7 Å². The Morgan fingerprint density at radius 1 is 1.39 bits per heavy atom. The molecule has 0 saturated heterocycles. The molecule has 0 saturated carbocycles. The number of carbonyl (C=O) groups is 1. The molecule has 23 heavy (non-hydrogen) atoms. The van der Waals surface area contributed by atoms with E-state index in [2.05, 4.69) is 11.9 Å². The van der Waals surface area contributed by atoms with Crippen molar-refractivity contribution < 1.29 is 9.18 Å². The average molecular weight is 353 g/mol. The van der Waals surface area contributed by atoms with E-state index < -0.39 is 0 Å². The van der Waals surface area contributed by atoms with Crippen LogP contribution in [0.1, 0.15) is 11.8 Å². The van der Waals surface area contributed by atoms with Gasteiger partial charge in [-0.2, -0.15) is 0 Å². The van der Waals surface area contributed by atoms with Crippen LogP contribution in [0.5, 0.6) is 0 Å². The van der Waals surface area contributed by atoms with Crippen molar-refractivity contribution in [1.82, 2.24) is 4.90 Å². The molecule has 1 amide bonds. The molecule has 2 aromatic rings. The Hall–Kier alpha value is -1.69. The van der Waals surface area contributed by atoms with Crippen molar-refractivity contribution in [2.24, 2.45) is 0 Å². The average Bonchev–Trinajstić information content (AvgIpc) is 2.93. The van der Waals surface area contributed by atoms with Crippen LogP contribution >= 0.6 is 22.9 Å². The van der Waals surface area contributed by atoms with Crippen LogP contribution in [0, 0.1) is 5.82 Å². The van der Waals surface area contributed by atoms with Crippen LogP contribution in [0.25, 0.3) is 0 Å². The molecule has 2 rings (SSSR count). The molecule has 0 aliphatic heterocycles. The fourth-order valence-electron chi connectivity index (χ4n) is 2.11. The number of thiophene rings is 1. The highest BCUT2D eigenvalue weighted by Gasteiger charge is 2.21. The Kier molecular flexibility index (Phi) is 6.33. The van der Waals surface area contributed by atoms with Gasteiger partial charge in [-0.3, -0.25) is 9.69 Å². The first-order valence-corrected chi connectivity index (χ1v) is 8.34. The van der Waals surface area contributed by atoms with E-state index in [0.29, 0.717) is 18.8 Å². The predicted molar refractivity (Wildman–Crippen MR) is 94.4 cm³/mol. The van der Waals surface area contributed by atoms with Gasteiger partial charge in [0.1, 0.15) is 5.82 Å². The summed E-state index contributed by atoms with van der Waals surface area (Å²) in [7, 11) is 0. The summed E-state index contributed by atoms with van der Waals surface area (Å²) in [6, 6.07) is 9.14. The maximum Gasteiger partial charge on any atom is 0.241 e. The Morgan fingerprint density at radius 3 is 2.65 bits per heavy atom. The largest absolute Gasteiger partial charge is 0.325 e. The van der Waals surface area contributed by atoms with Crippen molar-refractivity contribution in [3.05, 3.63) is 64.1 Å². The number of nitrogens with one attached hydrogen (secondary N) is 1. The van der Waals surface area contributed by atoms with Gasteiger partial charge in [0.2, 0.25) is 5.91 Å². The second-order valence-electron chi connectivity index (χ2n) is 5.10. The van der Waals surface area contributed by atoms with Crippen LogP contribution in [-0.4, -0.2) is 23.4 Å². The Labute approximate surface area is 144 Å². The van der Waals surface area contributed by atoms with Crippen molar-refractivity contribution in [3.8, 4) is 0 Å². The van der Waals surface area contributed by atoms with E-state index in [1.165, 1.54) is 35.6 Å². The normalized spacial score (nSPS) is 12.2. The van der Waals surface area contributed by atoms with Crippen molar-refractivity contribution in [2.75, 3.05) is 11.9 Å². The zero-order valence-electron chi connectivity index (χ0n) is 12.8. The fraction of sp³-hybridized carbons (Fsp3) is 0.235. The number of anilines is 1. The molecule has 0 bridgehead atoms. The van der Waals surface area contributed by atoms with E-state index in [0.717, 1.165) is 9.21 Å².